The second kappa shape index (κ2) is 4.60. The molecular weight excluding hydrogens is 178 g/mol. The molecule has 2 aliphatic rings. The maximum absolute atomic E-state index is 6.00. The molecule has 0 spiro atoms. The Hall–Kier alpha value is -0.120. The lowest BCUT2D eigenvalue weighted by molar-refractivity contribution is -0.155. The van der Waals surface area contributed by atoms with Crippen molar-refractivity contribution < 1.29 is 9.47 Å². The summed E-state index contributed by atoms with van der Waals surface area (Å²) in [5.74, 6) is 0. The van der Waals surface area contributed by atoms with Gasteiger partial charge in [0.1, 0.15) is 0 Å². The van der Waals surface area contributed by atoms with Crippen LogP contribution in [0.4, 0.5) is 0 Å². The van der Waals surface area contributed by atoms with E-state index in [9.17, 15) is 0 Å². The van der Waals surface area contributed by atoms with Gasteiger partial charge in [-0.1, -0.05) is 19.3 Å². The molecule has 0 aromatic carbocycles. The van der Waals surface area contributed by atoms with Crippen molar-refractivity contribution >= 4 is 0 Å². The van der Waals surface area contributed by atoms with Gasteiger partial charge in [0, 0.05) is 13.2 Å². The molecule has 0 radical (unpaired) electrons. The second-order valence-corrected chi connectivity index (χ2v) is 4.53. The molecule has 0 aromatic heterocycles. The predicted octanol–water partition coefficient (Wildman–Crippen LogP) is 1.45. The Balaban J connectivity index is 1.74. The highest BCUT2D eigenvalue weighted by Crippen LogP contribution is 2.30. The van der Waals surface area contributed by atoms with Crippen LogP contribution in [0.3, 0.4) is 0 Å². The molecule has 2 fully saturated rings. The summed E-state index contributed by atoms with van der Waals surface area (Å²) in [7, 11) is 1.72. The van der Waals surface area contributed by atoms with E-state index in [1.807, 2.05) is 0 Å². The zero-order chi connectivity index (χ0) is 9.97. The first kappa shape index (κ1) is 10.4. The molecule has 14 heavy (non-hydrogen) atoms. The van der Waals surface area contributed by atoms with Crippen LogP contribution in [-0.4, -0.2) is 31.5 Å². The van der Waals surface area contributed by atoms with E-state index in [0.717, 1.165) is 6.42 Å². The van der Waals surface area contributed by atoms with Crippen molar-refractivity contribution in [1.82, 2.24) is 0 Å². The summed E-state index contributed by atoms with van der Waals surface area (Å²) in [5, 5.41) is 0. The third-order valence-electron chi connectivity index (χ3n) is 3.48. The first-order chi connectivity index (χ1) is 6.81. The number of hydrogen-bond acceptors (Lipinski definition) is 3. The van der Waals surface area contributed by atoms with E-state index in [0.29, 0.717) is 6.10 Å². The highest BCUT2D eigenvalue weighted by Gasteiger charge is 2.41. The molecule has 2 rings (SSSR count). The minimum absolute atomic E-state index is 0.136. The summed E-state index contributed by atoms with van der Waals surface area (Å²) in [6.45, 7) is 0. The third-order valence-corrected chi connectivity index (χ3v) is 3.48. The quantitative estimate of drug-likeness (QED) is 0.748. The van der Waals surface area contributed by atoms with Crippen molar-refractivity contribution in [2.24, 2.45) is 5.73 Å². The van der Waals surface area contributed by atoms with Crippen molar-refractivity contribution in [3.05, 3.63) is 0 Å². The van der Waals surface area contributed by atoms with Crippen molar-refractivity contribution in [3.8, 4) is 0 Å². The average Bonchev–Trinajstić information content (AvgIpc) is 2.19. The molecule has 2 N–H and O–H groups in total. The van der Waals surface area contributed by atoms with Crippen LogP contribution in [-0.2, 0) is 9.47 Å². The van der Waals surface area contributed by atoms with Crippen LogP contribution in [0.2, 0.25) is 0 Å². The molecule has 0 amide bonds. The lowest BCUT2D eigenvalue weighted by Gasteiger charge is -2.43. The summed E-state index contributed by atoms with van der Waals surface area (Å²) in [5.41, 5.74) is 5.82. The lowest BCUT2D eigenvalue weighted by atomic mass is 9.85. The third kappa shape index (κ3) is 2.10. The van der Waals surface area contributed by atoms with Crippen molar-refractivity contribution in [2.75, 3.05) is 7.11 Å². The van der Waals surface area contributed by atoms with Crippen LogP contribution in [0, 0.1) is 0 Å². The first-order valence-corrected chi connectivity index (χ1v) is 5.75. The van der Waals surface area contributed by atoms with Gasteiger partial charge in [0.15, 0.2) is 0 Å². The van der Waals surface area contributed by atoms with Gasteiger partial charge >= 0.3 is 0 Å². The van der Waals surface area contributed by atoms with Gasteiger partial charge in [-0.3, -0.25) is 0 Å². The Morgan fingerprint density at radius 1 is 1.14 bits per heavy atom. The highest BCUT2D eigenvalue weighted by atomic mass is 16.5. The van der Waals surface area contributed by atoms with Gasteiger partial charge in [-0.05, 0) is 19.3 Å². The monoisotopic (exact) mass is 199 g/mol. The van der Waals surface area contributed by atoms with Crippen LogP contribution < -0.4 is 5.73 Å². The molecule has 3 atom stereocenters. The number of rotatable bonds is 3. The number of hydrogen-bond donors (Lipinski definition) is 1. The molecule has 82 valence electrons. The molecule has 3 nitrogen and oxygen atoms in total. The van der Waals surface area contributed by atoms with Crippen molar-refractivity contribution in [3.63, 3.8) is 0 Å². The van der Waals surface area contributed by atoms with Crippen LogP contribution in [0.5, 0.6) is 0 Å². The van der Waals surface area contributed by atoms with Crippen LogP contribution in [0.25, 0.3) is 0 Å². The topological polar surface area (TPSA) is 44.5 Å². The maximum Gasteiger partial charge on any atom is 0.0984 e. The second-order valence-electron chi connectivity index (χ2n) is 4.53. The van der Waals surface area contributed by atoms with Gasteiger partial charge in [0.05, 0.1) is 18.3 Å². The Morgan fingerprint density at radius 2 is 1.86 bits per heavy atom. The Labute approximate surface area is 85.9 Å². The van der Waals surface area contributed by atoms with E-state index in [-0.39, 0.29) is 18.2 Å². The van der Waals surface area contributed by atoms with Gasteiger partial charge in [0.2, 0.25) is 0 Å². The fourth-order valence-electron chi connectivity index (χ4n) is 2.52. The molecule has 2 saturated carbocycles. The molecule has 0 bridgehead atoms. The average molecular weight is 199 g/mol. The van der Waals surface area contributed by atoms with Gasteiger partial charge in [-0.25, -0.2) is 0 Å². The molecule has 2 aliphatic carbocycles. The predicted molar refractivity (Wildman–Crippen MR) is 55.1 cm³/mol. The van der Waals surface area contributed by atoms with Crippen molar-refractivity contribution in [2.45, 2.75) is 62.9 Å². The largest absolute Gasteiger partial charge is 0.377 e. The summed E-state index contributed by atoms with van der Waals surface area (Å²) >= 11 is 0. The van der Waals surface area contributed by atoms with E-state index >= 15 is 0 Å². The Morgan fingerprint density at radius 3 is 2.43 bits per heavy atom. The minimum atomic E-state index is 0.136. The fraction of sp³-hybridized carbons (Fsp3) is 1.00. The molecular formula is C11H21NO2. The standard InChI is InChI=1S/C11H21NO2/c1-13-11-9(12)7-10(11)14-8-5-3-2-4-6-8/h8-11H,2-7,12H2,1H3. The number of nitrogens with two attached hydrogens (primary N) is 1. The number of methoxy groups -OCH3 is 1. The van der Waals surface area contributed by atoms with Gasteiger partial charge in [-0.2, -0.15) is 0 Å². The maximum atomic E-state index is 6.00. The van der Waals surface area contributed by atoms with E-state index in [4.69, 9.17) is 15.2 Å². The summed E-state index contributed by atoms with van der Waals surface area (Å²) < 4.78 is 11.3. The van der Waals surface area contributed by atoms with Crippen LogP contribution >= 0.6 is 0 Å². The van der Waals surface area contributed by atoms with Gasteiger partial charge < -0.3 is 15.2 Å². The fourth-order valence-corrected chi connectivity index (χ4v) is 2.52. The van der Waals surface area contributed by atoms with Gasteiger partial charge in [-0.15, -0.1) is 0 Å². The molecule has 0 saturated heterocycles. The molecule has 3 unspecified atom stereocenters. The smallest absolute Gasteiger partial charge is 0.0984 e. The van der Waals surface area contributed by atoms with Crippen LogP contribution in [0.1, 0.15) is 38.5 Å². The van der Waals surface area contributed by atoms with E-state index in [1.165, 1.54) is 32.1 Å². The molecule has 0 aromatic rings. The summed E-state index contributed by atoms with van der Waals surface area (Å²) in [4.78, 5) is 0. The highest BCUT2D eigenvalue weighted by molar-refractivity contribution is 4.95. The van der Waals surface area contributed by atoms with Crippen molar-refractivity contribution in [1.29, 1.82) is 0 Å². The van der Waals surface area contributed by atoms with E-state index in [1.54, 1.807) is 7.11 Å². The summed E-state index contributed by atoms with van der Waals surface area (Å²) in [6.07, 6.45) is 8.30. The van der Waals surface area contributed by atoms with E-state index < -0.39 is 0 Å². The minimum Gasteiger partial charge on any atom is -0.377 e. The molecule has 0 aliphatic heterocycles. The SMILES string of the molecule is COC1C(N)CC1OC1CCCCC1. The van der Waals surface area contributed by atoms with Gasteiger partial charge in [0.25, 0.3) is 0 Å². The number of ether oxygens (including phenoxy) is 2. The molecule has 3 heteroatoms. The normalized spacial score (nSPS) is 39.4. The van der Waals surface area contributed by atoms with Crippen LogP contribution in [0.15, 0.2) is 0 Å². The first-order valence-electron chi connectivity index (χ1n) is 5.75. The Bertz CT molecular complexity index is 180. The van der Waals surface area contributed by atoms with E-state index in [2.05, 4.69) is 0 Å². The lowest BCUT2D eigenvalue weighted by Crippen LogP contribution is -2.58. The Kier molecular flexibility index (Phi) is 3.42. The zero-order valence-corrected chi connectivity index (χ0v) is 8.95. The zero-order valence-electron chi connectivity index (χ0n) is 8.95. The molecule has 0 heterocycles. The summed E-state index contributed by atoms with van der Waals surface area (Å²) in [6, 6.07) is 0.189.